The van der Waals surface area contributed by atoms with Crippen LogP contribution in [0.4, 0.5) is 0 Å². The van der Waals surface area contributed by atoms with Gasteiger partial charge in [0.25, 0.3) is 0 Å². The molecule has 0 heterocycles. The van der Waals surface area contributed by atoms with Gasteiger partial charge < -0.3 is 0 Å². The lowest BCUT2D eigenvalue weighted by Gasteiger charge is -1.95. The van der Waals surface area contributed by atoms with Gasteiger partial charge in [-0.2, -0.15) is 0 Å². The summed E-state index contributed by atoms with van der Waals surface area (Å²) < 4.78 is -1.58. The molecule has 0 aliphatic carbocycles. The van der Waals surface area contributed by atoms with Crippen molar-refractivity contribution in [2.75, 3.05) is 0 Å². The fourth-order valence-electron chi connectivity index (χ4n) is 0. The van der Waals surface area contributed by atoms with Crippen LogP contribution in [0.15, 0.2) is 0 Å². The molecule has 0 aromatic heterocycles. The molecular weight excluding hydrogens is 132 g/mol. The highest BCUT2D eigenvalue weighted by atomic mass is 35.6. The van der Waals surface area contributed by atoms with Crippen molar-refractivity contribution in [3.63, 3.8) is 0 Å². The highest BCUT2D eigenvalue weighted by Gasteiger charge is 2.07. The Labute approximate surface area is 45.0 Å². The molecule has 0 amide bonds. The van der Waals surface area contributed by atoms with Crippen LogP contribution in [0.3, 0.4) is 0 Å². The van der Waals surface area contributed by atoms with Crippen LogP contribution in [0.1, 0.15) is 0 Å². The largest absolute Gasteiger partial charge is 0.287 e. The first-order valence-corrected chi connectivity index (χ1v) is 1.99. The van der Waals surface area contributed by atoms with Gasteiger partial charge in [-0.25, -0.2) is 0 Å². The van der Waals surface area contributed by atoms with Crippen molar-refractivity contribution in [1.82, 2.24) is 0 Å². The quantitative estimate of drug-likeness (QED) is 0.392. The summed E-state index contributed by atoms with van der Waals surface area (Å²) in [4.78, 5) is 0. The Morgan fingerprint density at radius 2 is 1.20 bits per heavy atom. The number of hydrogen-bond donors (Lipinski definition) is 1. The maximum Gasteiger partial charge on any atom is 0.242 e. The van der Waals surface area contributed by atoms with Crippen LogP contribution < -0.4 is 5.73 Å². The SMILES string of the molecule is NC(Cl)(Cl)Cl. The number of hydrogen-bond acceptors (Lipinski definition) is 1. The van der Waals surface area contributed by atoms with Gasteiger partial charge in [0, 0.05) is 0 Å². The molecule has 0 saturated heterocycles. The first kappa shape index (κ1) is 5.83. The molecule has 0 rings (SSSR count). The summed E-state index contributed by atoms with van der Waals surface area (Å²) in [5, 5.41) is 0. The van der Waals surface area contributed by atoms with Crippen molar-refractivity contribution in [2.45, 2.75) is 3.92 Å². The van der Waals surface area contributed by atoms with Gasteiger partial charge in [-0.05, 0) is 0 Å². The van der Waals surface area contributed by atoms with Crippen molar-refractivity contribution in [2.24, 2.45) is 5.73 Å². The minimum atomic E-state index is -1.58. The van der Waals surface area contributed by atoms with E-state index >= 15 is 0 Å². The second-order valence-electron chi connectivity index (χ2n) is 0.542. The van der Waals surface area contributed by atoms with Gasteiger partial charge in [0.2, 0.25) is 3.92 Å². The van der Waals surface area contributed by atoms with Crippen molar-refractivity contribution in [3.05, 3.63) is 0 Å². The van der Waals surface area contributed by atoms with Gasteiger partial charge in [-0.3, -0.25) is 5.73 Å². The van der Waals surface area contributed by atoms with Crippen LogP contribution in [0.5, 0.6) is 0 Å². The smallest absolute Gasteiger partial charge is 0.242 e. The van der Waals surface area contributed by atoms with E-state index < -0.39 is 3.92 Å². The summed E-state index contributed by atoms with van der Waals surface area (Å²) in [6.07, 6.45) is 0. The second kappa shape index (κ2) is 1.52. The van der Waals surface area contributed by atoms with E-state index in [1.807, 2.05) is 0 Å². The van der Waals surface area contributed by atoms with Crippen molar-refractivity contribution < 1.29 is 0 Å². The Morgan fingerprint density at radius 3 is 1.20 bits per heavy atom. The highest BCUT2D eigenvalue weighted by Crippen LogP contribution is 2.16. The molecule has 0 aromatic rings. The summed E-state index contributed by atoms with van der Waals surface area (Å²) in [7, 11) is 0. The molecule has 0 saturated carbocycles. The number of nitrogens with two attached hydrogens (primary N) is 1. The third-order valence-electron chi connectivity index (χ3n) is 0. The molecule has 32 valence electrons. The predicted octanol–water partition coefficient (Wildman–Crippen LogP) is 1.27. The monoisotopic (exact) mass is 133 g/mol. The number of halogens is 3. The molecule has 0 aliphatic heterocycles. The van der Waals surface area contributed by atoms with Gasteiger partial charge in [-0.15, -0.1) is 0 Å². The van der Waals surface area contributed by atoms with E-state index in [-0.39, 0.29) is 0 Å². The molecule has 2 N–H and O–H groups in total. The predicted molar refractivity (Wildman–Crippen MR) is 24.5 cm³/mol. The van der Waals surface area contributed by atoms with Crippen LogP contribution in [0.2, 0.25) is 0 Å². The summed E-state index contributed by atoms with van der Waals surface area (Å²) in [6.45, 7) is 0. The Kier molecular flexibility index (Phi) is 1.77. The summed E-state index contributed by atoms with van der Waals surface area (Å²) >= 11 is 14.5. The summed E-state index contributed by atoms with van der Waals surface area (Å²) in [6, 6.07) is 0. The van der Waals surface area contributed by atoms with Crippen LogP contribution >= 0.6 is 34.8 Å². The Hall–Kier alpha value is 0.830. The number of alkyl halides is 3. The normalized spacial score (nSPS) is 12.0. The lowest BCUT2D eigenvalue weighted by Crippen LogP contribution is -2.15. The Morgan fingerprint density at radius 1 is 1.20 bits per heavy atom. The number of rotatable bonds is 0. The lowest BCUT2D eigenvalue weighted by atomic mass is 11.5. The molecule has 4 heteroatoms. The maximum absolute atomic E-state index is 4.84. The molecule has 1 nitrogen and oxygen atoms in total. The van der Waals surface area contributed by atoms with Crippen LogP contribution in [0, 0.1) is 0 Å². The van der Waals surface area contributed by atoms with Gasteiger partial charge >= 0.3 is 0 Å². The van der Waals surface area contributed by atoms with Crippen molar-refractivity contribution in [1.29, 1.82) is 0 Å². The highest BCUT2D eigenvalue weighted by molar-refractivity contribution is 6.66. The van der Waals surface area contributed by atoms with Gasteiger partial charge in [0.1, 0.15) is 0 Å². The van der Waals surface area contributed by atoms with E-state index in [1.54, 1.807) is 0 Å². The average molecular weight is 134 g/mol. The molecule has 0 atom stereocenters. The second-order valence-corrected chi connectivity index (χ2v) is 2.91. The van der Waals surface area contributed by atoms with Crippen LogP contribution in [0.25, 0.3) is 0 Å². The molecular formula is CH2Cl3N. The van der Waals surface area contributed by atoms with E-state index in [1.165, 1.54) is 0 Å². The van der Waals surface area contributed by atoms with Crippen LogP contribution in [-0.2, 0) is 0 Å². The van der Waals surface area contributed by atoms with E-state index in [2.05, 4.69) is 5.73 Å². The molecule has 5 heavy (non-hydrogen) atoms. The molecule has 0 fully saturated rings. The molecule has 0 spiro atoms. The zero-order valence-electron chi connectivity index (χ0n) is 2.21. The van der Waals surface area contributed by atoms with Gasteiger partial charge in [-0.1, -0.05) is 34.8 Å². The first-order chi connectivity index (χ1) is 2.00. The topological polar surface area (TPSA) is 26.0 Å². The van der Waals surface area contributed by atoms with E-state index in [4.69, 9.17) is 34.8 Å². The fourth-order valence-corrected chi connectivity index (χ4v) is 0. The maximum atomic E-state index is 4.84. The Balaban J connectivity index is 3.02. The first-order valence-electron chi connectivity index (χ1n) is 0.856. The molecule has 0 bridgehead atoms. The third-order valence-corrected chi connectivity index (χ3v) is 0. The summed E-state index contributed by atoms with van der Waals surface area (Å²) in [5.41, 5.74) is 4.65. The van der Waals surface area contributed by atoms with Gasteiger partial charge in [0.15, 0.2) is 0 Å². The van der Waals surface area contributed by atoms with Crippen LogP contribution in [-0.4, -0.2) is 3.92 Å². The standard InChI is InChI=1S/CH2Cl3N/c2-1(3,4)5/h5H2. The van der Waals surface area contributed by atoms with Gasteiger partial charge in [0.05, 0.1) is 0 Å². The zero-order valence-corrected chi connectivity index (χ0v) is 4.48. The third kappa shape index (κ3) is 56.2. The van der Waals surface area contributed by atoms with Crippen molar-refractivity contribution >= 4 is 34.8 Å². The molecule has 0 unspecified atom stereocenters. The van der Waals surface area contributed by atoms with E-state index in [9.17, 15) is 0 Å². The fraction of sp³-hybridized carbons (Fsp3) is 1.00. The zero-order chi connectivity index (χ0) is 4.50. The average Bonchev–Trinajstić information content (AvgIpc) is 0.722. The molecule has 0 aromatic carbocycles. The van der Waals surface area contributed by atoms with Crippen molar-refractivity contribution in [3.8, 4) is 0 Å². The lowest BCUT2D eigenvalue weighted by molar-refractivity contribution is 1.17. The minimum absolute atomic E-state index is 1.58. The Bertz CT molecular complexity index is 22.4. The molecule has 0 aliphatic rings. The van der Waals surface area contributed by atoms with E-state index in [0.717, 1.165) is 0 Å². The molecule has 0 radical (unpaired) electrons. The van der Waals surface area contributed by atoms with E-state index in [0.29, 0.717) is 0 Å². The minimum Gasteiger partial charge on any atom is -0.287 e. The summed E-state index contributed by atoms with van der Waals surface area (Å²) in [5.74, 6) is 0.